The van der Waals surface area contributed by atoms with Crippen LogP contribution >= 0.6 is 11.8 Å². The van der Waals surface area contributed by atoms with Gasteiger partial charge in [-0.1, -0.05) is 11.8 Å². The number of rotatable bonds is 2. The average Bonchev–Trinajstić information content (AvgIpc) is 2.82. The van der Waals surface area contributed by atoms with E-state index in [-0.39, 0.29) is 12.3 Å². The molecule has 1 aliphatic heterocycles. The summed E-state index contributed by atoms with van der Waals surface area (Å²) in [6.07, 6.45) is -3.94. The van der Waals surface area contributed by atoms with Crippen LogP contribution in [0.25, 0.3) is 0 Å². The molecule has 0 spiro atoms. The van der Waals surface area contributed by atoms with E-state index in [4.69, 9.17) is 4.42 Å². The maximum absolute atomic E-state index is 12.4. The number of hydrogen-bond donors (Lipinski definition) is 1. The lowest BCUT2D eigenvalue weighted by atomic mass is 10.3. The zero-order valence-electron chi connectivity index (χ0n) is 10.7. The standard InChI is InChI=1S/C11H12F3N3O2S/c1-6-15-9(20-2)16-10(18)17(6)5-7-3-4-8(19-7)11(12,13)14/h3-4,10,18H,5H2,1-2H3. The van der Waals surface area contributed by atoms with Crippen LogP contribution in [0.2, 0.25) is 0 Å². The van der Waals surface area contributed by atoms with Gasteiger partial charge in [-0.2, -0.15) is 13.2 Å². The summed E-state index contributed by atoms with van der Waals surface area (Å²) in [7, 11) is 0. The van der Waals surface area contributed by atoms with Gasteiger partial charge in [0.1, 0.15) is 11.6 Å². The average molecular weight is 307 g/mol. The molecule has 0 aromatic carbocycles. The number of aliphatic imine (C=N–C) groups is 2. The van der Waals surface area contributed by atoms with Gasteiger partial charge < -0.3 is 14.4 Å². The van der Waals surface area contributed by atoms with E-state index < -0.39 is 18.3 Å². The fourth-order valence-corrected chi connectivity index (χ4v) is 2.07. The number of amidine groups is 2. The highest BCUT2D eigenvalue weighted by Gasteiger charge is 2.35. The Morgan fingerprint density at radius 2 is 2.15 bits per heavy atom. The van der Waals surface area contributed by atoms with E-state index in [0.29, 0.717) is 11.0 Å². The van der Waals surface area contributed by atoms with Crippen molar-refractivity contribution in [3.05, 3.63) is 23.7 Å². The van der Waals surface area contributed by atoms with Crippen LogP contribution in [0.1, 0.15) is 18.4 Å². The largest absolute Gasteiger partial charge is 0.455 e. The molecule has 1 aromatic heterocycles. The van der Waals surface area contributed by atoms with Crippen molar-refractivity contribution in [1.29, 1.82) is 0 Å². The Morgan fingerprint density at radius 3 is 2.65 bits per heavy atom. The Kier molecular flexibility index (Phi) is 4.09. The minimum absolute atomic E-state index is 0.0439. The molecule has 0 amide bonds. The van der Waals surface area contributed by atoms with Gasteiger partial charge in [0, 0.05) is 0 Å². The fraction of sp³-hybridized carbons (Fsp3) is 0.455. The molecule has 0 bridgehead atoms. The second-order valence-corrected chi connectivity index (χ2v) is 4.79. The zero-order chi connectivity index (χ0) is 14.9. The van der Waals surface area contributed by atoms with Crippen LogP contribution in [0.5, 0.6) is 0 Å². The third-order valence-corrected chi connectivity index (χ3v) is 3.19. The van der Waals surface area contributed by atoms with Crippen LogP contribution in [-0.4, -0.2) is 33.6 Å². The van der Waals surface area contributed by atoms with Gasteiger partial charge in [-0.05, 0) is 25.3 Å². The van der Waals surface area contributed by atoms with E-state index in [0.717, 1.165) is 6.07 Å². The summed E-state index contributed by atoms with van der Waals surface area (Å²) in [6.45, 7) is 1.60. The van der Waals surface area contributed by atoms with Crippen molar-refractivity contribution in [3.8, 4) is 0 Å². The van der Waals surface area contributed by atoms with E-state index in [9.17, 15) is 18.3 Å². The Labute approximate surface area is 117 Å². The Balaban J connectivity index is 2.13. The molecule has 9 heteroatoms. The molecular weight excluding hydrogens is 295 g/mol. The molecule has 1 atom stereocenters. The lowest BCUT2D eigenvalue weighted by molar-refractivity contribution is -0.153. The monoisotopic (exact) mass is 307 g/mol. The molecule has 0 saturated carbocycles. The third kappa shape index (κ3) is 3.15. The fourth-order valence-electron chi connectivity index (χ4n) is 1.64. The van der Waals surface area contributed by atoms with Crippen LogP contribution in [0.15, 0.2) is 26.5 Å². The van der Waals surface area contributed by atoms with E-state index in [2.05, 4.69) is 9.98 Å². The molecule has 0 fully saturated rings. The van der Waals surface area contributed by atoms with Crippen molar-refractivity contribution in [2.45, 2.75) is 26.0 Å². The van der Waals surface area contributed by atoms with Gasteiger partial charge in [0.2, 0.25) is 12.1 Å². The van der Waals surface area contributed by atoms with Crippen molar-refractivity contribution in [2.24, 2.45) is 9.98 Å². The van der Waals surface area contributed by atoms with E-state index >= 15 is 0 Å². The number of aliphatic hydroxyl groups excluding tert-OH is 1. The number of aliphatic hydroxyl groups is 1. The van der Waals surface area contributed by atoms with E-state index in [1.807, 2.05) is 0 Å². The molecule has 0 aliphatic carbocycles. The maximum atomic E-state index is 12.4. The van der Waals surface area contributed by atoms with Crippen LogP contribution in [0.3, 0.4) is 0 Å². The number of alkyl halides is 3. The van der Waals surface area contributed by atoms with Crippen molar-refractivity contribution in [2.75, 3.05) is 6.26 Å². The molecular formula is C11H12F3N3O2S. The highest BCUT2D eigenvalue weighted by atomic mass is 32.2. The van der Waals surface area contributed by atoms with Crippen LogP contribution in [-0.2, 0) is 12.7 Å². The first-order valence-corrected chi connectivity index (χ1v) is 6.81. The number of halogens is 3. The summed E-state index contributed by atoms with van der Waals surface area (Å²) in [6, 6.07) is 2.07. The minimum Gasteiger partial charge on any atom is -0.455 e. The highest BCUT2D eigenvalue weighted by molar-refractivity contribution is 8.13. The summed E-state index contributed by atoms with van der Waals surface area (Å²) in [5.41, 5.74) is 0. The van der Waals surface area contributed by atoms with Crippen molar-refractivity contribution < 1.29 is 22.7 Å². The molecule has 2 rings (SSSR count). The molecule has 20 heavy (non-hydrogen) atoms. The van der Waals surface area contributed by atoms with Crippen molar-refractivity contribution in [1.82, 2.24) is 4.90 Å². The summed E-state index contributed by atoms with van der Waals surface area (Å²) in [4.78, 5) is 9.36. The first-order valence-electron chi connectivity index (χ1n) is 5.59. The minimum atomic E-state index is -4.52. The Hall–Kier alpha value is -1.48. The van der Waals surface area contributed by atoms with Crippen molar-refractivity contribution >= 4 is 22.8 Å². The Bertz CT molecular complexity index is 553. The van der Waals surface area contributed by atoms with Gasteiger partial charge in [-0.3, -0.25) is 0 Å². The molecule has 2 heterocycles. The SMILES string of the molecule is CSC1=NC(O)N(Cc2ccc(C(F)(F)F)o2)C(C)=N1. The van der Waals surface area contributed by atoms with E-state index in [1.165, 1.54) is 22.7 Å². The first kappa shape index (κ1) is 14.9. The van der Waals surface area contributed by atoms with Crippen molar-refractivity contribution in [3.63, 3.8) is 0 Å². The lowest BCUT2D eigenvalue weighted by Crippen LogP contribution is -2.40. The topological polar surface area (TPSA) is 61.3 Å². The van der Waals surface area contributed by atoms with Gasteiger partial charge in [0.25, 0.3) is 0 Å². The number of hydrogen-bond acceptors (Lipinski definition) is 6. The summed E-state index contributed by atoms with van der Waals surface area (Å²) < 4.78 is 42.0. The highest BCUT2D eigenvalue weighted by Crippen LogP contribution is 2.31. The molecule has 110 valence electrons. The molecule has 1 aliphatic rings. The number of nitrogens with zero attached hydrogens (tertiary/aromatic N) is 3. The number of thioether (sulfide) groups is 1. The van der Waals surface area contributed by atoms with E-state index in [1.54, 1.807) is 13.2 Å². The summed E-state index contributed by atoms with van der Waals surface area (Å²) >= 11 is 1.27. The van der Waals surface area contributed by atoms with Crippen LogP contribution < -0.4 is 0 Å². The molecule has 1 aromatic rings. The predicted octanol–water partition coefficient (Wildman–Crippen LogP) is 2.53. The summed E-state index contributed by atoms with van der Waals surface area (Å²) in [5.74, 6) is -0.530. The molecule has 1 N–H and O–H groups in total. The number of furan rings is 1. The Morgan fingerprint density at radius 1 is 1.45 bits per heavy atom. The van der Waals surface area contributed by atoms with Gasteiger partial charge in [0.15, 0.2) is 5.17 Å². The zero-order valence-corrected chi connectivity index (χ0v) is 11.5. The third-order valence-electron chi connectivity index (χ3n) is 2.63. The second-order valence-electron chi connectivity index (χ2n) is 4.01. The van der Waals surface area contributed by atoms with Gasteiger partial charge in [-0.25, -0.2) is 9.98 Å². The molecule has 0 saturated heterocycles. The quantitative estimate of drug-likeness (QED) is 0.912. The molecule has 5 nitrogen and oxygen atoms in total. The second kappa shape index (κ2) is 5.49. The lowest BCUT2D eigenvalue weighted by Gasteiger charge is -2.29. The van der Waals surface area contributed by atoms with Gasteiger partial charge >= 0.3 is 6.18 Å². The van der Waals surface area contributed by atoms with Crippen LogP contribution in [0, 0.1) is 0 Å². The maximum Gasteiger partial charge on any atom is 0.449 e. The van der Waals surface area contributed by atoms with Gasteiger partial charge in [-0.15, -0.1) is 0 Å². The molecule has 1 unspecified atom stereocenters. The smallest absolute Gasteiger partial charge is 0.449 e. The summed E-state index contributed by atoms with van der Waals surface area (Å²) in [5, 5.41) is 10.3. The first-order chi connectivity index (χ1) is 9.31. The predicted molar refractivity (Wildman–Crippen MR) is 69.3 cm³/mol. The molecule has 0 radical (unpaired) electrons. The van der Waals surface area contributed by atoms with Crippen LogP contribution in [0.4, 0.5) is 13.2 Å². The van der Waals surface area contributed by atoms with Gasteiger partial charge in [0.05, 0.1) is 6.54 Å². The normalized spacial score (nSPS) is 19.9.